The molecule has 0 radical (unpaired) electrons. The monoisotopic (exact) mass is 228 g/mol. The molecule has 1 rings (SSSR count). The minimum absolute atomic E-state index is 0.00499. The molecule has 0 atom stereocenters. The summed E-state index contributed by atoms with van der Waals surface area (Å²) in [5, 5.41) is 8.51. The minimum Gasteiger partial charge on any atom is -0.493 e. The first-order valence-corrected chi connectivity index (χ1v) is 4.71. The van der Waals surface area contributed by atoms with Gasteiger partial charge in [0.25, 0.3) is 0 Å². The molecule has 1 aromatic carbocycles. The molecule has 0 unspecified atom stereocenters. The van der Waals surface area contributed by atoms with Crippen LogP contribution in [0.1, 0.15) is 12.0 Å². The second-order valence-electron chi connectivity index (χ2n) is 3.17. The van der Waals surface area contributed by atoms with Gasteiger partial charge in [-0.3, -0.25) is 4.79 Å². The number of ether oxygens (including phenoxy) is 2. The quantitative estimate of drug-likeness (QED) is 0.835. The van der Waals surface area contributed by atoms with Crippen LogP contribution in [0.3, 0.4) is 0 Å². The van der Waals surface area contributed by atoms with E-state index in [-0.39, 0.29) is 18.6 Å². The zero-order chi connectivity index (χ0) is 12.1. The number of aliphatic carboxylic acids is 1. The van der Waals surface area contributed by atoms with Crippen LogP contribution < -0.4 is 9.47 Å². The molecule has 0 heterocycles. The van der Waals surface area contributed by atoms with Gasteiger partial charge in [0.15, 0.2) is 17.3 Å². The molecule has 0 aliphatic rings. The fraction of sp³-hybridized carbons (Fsp3) is 0.364. The number of benzene rings is 1. The summed E-state index contributed by atoms with van der Waals surface area (Å²) in [5.74, 6) is -1.23. The number of carboxylic acids is 1. The minimum atomic E-state index is -0.964. The maximum atomic E-state index is 13.8. The van der Waals surface area contributed by atoms with Gasteiger partial charge in [-0.2, -0.15) is 0 Å². The first-order chi connectivity index (χ1) is 7.60. The van der Waals surface area contributed by atoms with Crippen LogP contribution >= 0.6 is 0 Å². The highest BCUT2D eigenvalue weighted by atomic mass is 19.1. The van der Waals surface area contributed by atoms with E-state index in [9.17, 15) is 9.18 Å². The number of halogens is 1. The molecule has 0 bridgehead atoms. The van der Waals surface area contributed by atoms with Gasteiger partial charge in [0.2, 0.25) is 0 Å². The van der Waals surface area contributed by atoms with Gasteiger partial charge in [-0.05, 0) is 18.1 Å². The molecule has 0 aliphatic heterocycles. The van der Waals surface area contributed by atoms with Crippen LogP contribution in [-0.4, -0.2) is 25.3 Å². The summed E-state index contributed by atoms with van der Waals surface area (Å²) >= 11 is 0. The van der Waals surface area contributed by atoms with Gasteiger partial charge >= 0.3 is 5.97 Å². The third kappa shape index (κ3) is 2.62. The summed E-state index contributed by atoms with van der Waals surface area (Å²) in [4.78, 5) is 10.4. The van der Waals surface area contributed by atoms with E-state index < -0.39 is 11.8 Å². The fourth-order valence-corrected chi connectivity index (χ4v) is 1.36. The molecule has 1 aromatic rings. The van der Waals surface area contributed by atoms with Crippen molar-refractivity contribution in [2.24, 2.45) is 0 Å². The zero-order valence-electron chi connectivity index (χ0n) is 9.12. The van der Waals surface area contributed by atoms with E-state index in [4.69, 9.17) is 14.6 Å². The van der Waals surface area contributed by atoms with Crippen molar-refractivity contribution in [3.8, 4) is 11.5 Å². The lowest BCUT2D eigenvalue weighted by Gasteiger charge is -2.10. The summed E-state index contributed by atoms with van der Waals surface area (Å²) in [6.07, 6.45) is 0.00786. The SMILES string of the molecule is COc1ccc(CCC(=O)O)c(F)c1OC. The summed E-state index contributed by atoms with van der Waals surface area (Å²) in [6, 6.07) is 3.05. The highest BCUT2D eigenvalue weighted by Crippen LogP contribution is 2.32. The van der Waals surface area contributed by atoms with E-state index in [1.807, 2.05) is 0 Å². The van der Waals surface area contributed by atoms with Gasteiger partial charge < -0.3 is 14.6 Å². The van der Waals surface area contributed by atoms with Crippen molar-refractivity contribution < 1.29 is 23.8 Å². The molecule has 0 aliphatic carbocycles. The Bertz CT molecular complexity index is 390. The van der Waals surface area contributed by atoms with E-state index in [0.717, 1.165) is 0 Å². The predicted molar refractivity (Wildman–Crippen MR) is 55.5 cm³/mol. The lowest BCUT2D eigenvalue weighted by atomic mass is 10.1. The summed E-state index contributed by atoms with van der Waals surface area (Å²) in [7, 11) is 2.75. The van der Waals surface area contributed by atoms with Crippen LogP contribution in [0.15, 0.2) is 12.1 Å². The van der Waals surface area contributed by atoms with Gasteiger partial charge in [0, 0.05) is 6.42 Å². The highest BCUT2D eigenvalue weighted by Gasteiger charge is 2.15. The van der Waals surface area contributed by atoms with Gasteiger partial charge in [-0.15, -0.1) is 0 Å². The van der Waals surface area contributed by atoms with E-state index >= 15 is 0 Å². The molecule has 0 spiro atoms. The molecule has 16 heavy (non-hydrogen) atoms. The molecule has 1 N–H and O–H groups in total. The topological polar surface area (TPSA) is 55.8 Å². The molecule has 0 amide bonds. The van der Waals surface area contributed by atoms with Crippen LogP contribution in [-0.2, 0) is 11.2 Å². The lowest BCUT2D eigenvalue weighted by Crippen LogP contribution is -2.02. The van der Waals surface area contributed by atoms with Crippen LogP contribution in [0.4, 0.5) is 4.39 Å². The van der Waals surface area contributed by atoms with Crippen molar-refractivity contribution in [1.29, 1.82) is 0 Å². The number of carbonyl (C=O) groups is 1. The maximum Gasteiger partial charge on any atom is 0.303 e. The molecule has 0 saturated heterocycles. The molecule has 4 nitrogen and oxygen atoms in total. The molecule has 0 saturated carbocycles. The van der Waals surface area contributed by atoms with Crippen molar-refractivity contribution in [3.63, 3.8) is 0 Å². The van der Waals surface area contributed by atoms with Crippen molar-refractivity contribution in [3.05, 3.63) is 23.5 Å². The normalized spacial score (nSPS) is 9.94. The van der Waals surface area contributed by atoms with Gasteiger partial charge in [0.1, 0.15) is 0 Å². The Labute approximate surface area is 92.6 Å². The Balaban J connectivity index is 2.99. The third-order valence-corrected chi connectivity index (χ3v) is 2.17. The predicted octanol–water partition coefficient (Wildman–Crippen LogP) is 1.86. The Morgan fingerprint density at radius 3 is 2.56 bits per heavy atom. The molecule has 0 fully saturated rings. The van der Waals surface area contributed by atoms with E-state index in [2.05, 4.69) is 0 Å². The van der Waals surface area contributed by atoms with Crippen LogP contribution in [0.25, 0.3) is 0 Å². The Hall–Kier alpha value is -1.78. The Morgan fingerprint density at radius 2 is 2.06 bits per heavy atom. The number of hydrogen-bond donors (Lipinski definition) is 1. The average molecular weight is 228 g/mol. The number of aryl methyl sites for hydroxylation is 1. The van der Waals surface area contributed by atoms with Gasteiger partial charge in [-0.1, -0.05) is 6.07 Å². The van der Waals surface area contributed by atoms with E-state index in [1.54, 1.807) is 6.07 Å². The zero-order valence-corrected chi connectivity index (χ0v) is 9.12. The second kappa shape index (κ2) is 5.34. The number of rotatable bonds is 5. The van der Waals surface area contributed by atoms with E-state index in [0.29, 0.717) is 11.3 Å². The fourth-order valence-electron chi connectivity index (χ4n) is 1.36. The third-order valence-electron chi connectivity index (χ3n) is 2.17. The average Bonchev–Trinajstić information content (AvgIpc) is 2.26. The summed E-state index contributed by atoms with van der Waals surface area (Å²) in [6.45, 7) is 0. The summed E-state index contributed by atoms with van der Waals surface area (Å²) in [5.41, 5.74) is 0.306. The molecular weight excluding hydrogens is 215 g/mol. The van der Waals surface area contributed by atoms with Crippen molar-refractivity contribution in [1.82, 2.24) is 0 Å². The Kier molecular flexibility index (Phi) is 4.10. The maximum absolute atomic E-state index is 13.8. The number of carboxylic acid groups (broad SMARTS) is 1. The first-order valence-electron chi connectivity index (χ1n) is 4.71. The van der Waals surface area contributed by atoms with Crippen LogP contribution in [0.2, 0.25) is 0 Å². The largest absolute Gasteiger partial charge is 0.493 e. The lowest BCUT2D eigenvalue weighted by molar-refractivity contribution is -0.136. The molecular formula is C11H13FO4. The molecule has 88 valence electrons. The van der Waals surface area contributed by atoms with Crippen LogP contribution in [0.5, 0.6) is 11.5 Å². The van der Waals surface area contributed by atoms with Gasteiger partial charge in [0.05, 0.1) is 14.2 Å². The van der Waals surface area contributed by atoms with Gasteiger partial charge in [-0.25, -0.2) is 4.39 Å². The van der Waals surface area contributed by atoms with Crippen molar-refractivity contribution in [2.75, 3.05) is 14.2 Å². The molecule has 5 heteroatoms. The van der Waals surface area contributed by atoms with E-state index in [1.165, 1.54) is 20.3 Å². The standard InChI is InChI=1S/C11H13FO4/c1-15-8-5-3-7(4-6-9(13)14)10(12)11(8)16-2/h3,5H,4,6H2,1-2H3,(H,13,14). The van der Waals surface area contributed by atoms with Crippen molar-refractivity contribution >= 4 is 5.97 Å². The highest BCUT2D eigenvalue weighted by molar-refractivity contribution is 5.67. The summed E-state index contributed by atoms with van der Waals surface area (Å²) < 4.78 is 23.6. The Morgan fingerprint density at radius 1 is 1.38 bits per heavy atom. The first kappa shape index (κ1) is 12.3. The number of methoxy groups -OCH3 is 2. The second-order valence-corrected chi connectivity index (χ2v) is 3.17. The molecule has 0 aromatic heterocycles. The van der Waals surface area contributed by atoms with Crippen LogP contribution in [0, 0.1) is 5.82 Å². The van der Waals surface area contributed by atoms with Crippen molar-refractivity contribution in [2.45, 2.75) is 12.8 Å². The number of hydrogen-bond acceptors (Lipinski definition) is 3. The smallest absolute Gasteiger partial charge is 0.303 e.